The van der Waals surface area contributed by atoms with E-state index in [-0.39, 0.29) is 6.54 Å². The summed E-state index contributed by atoms with van der Waals surface area (Å²) in [6.07, 6.45) is 0.312. The Morgan fingerprint density at radius 3 is 2.44 bits per heavy atom. The van der Waals surface area contributed by atoms with Gasteiger partial charge in [0, 0.05) is 23.7 Å². The van der Waals surface area contributed by atoms with Crippen molar-refractivity contribution in [3.8, 4) is 5.75 Å². The van der Waals surface area contributed by atoms with Crippen molar-refractivity contribution in [3.63, 3.8) is 0 Å². The van der Waals surface area contributed by atoms with Crippen LogP contribution in [0.1, 0.15) is 18.1 Å². The van der Waals surface area contributed by atoms with Gasteiger partial charge in [0.25, 0.3) is 0 Å². The Kier molecular flexibility index (Phi) is 6.82. The number of carbonyl (C=O) groups is 2. The van der Waals surface area contributed by atoms with E-state index in [2.05, 4.69) is 10.6 Å². The van der Waals surface area contributed by atoms with Gasteiger partial charge in [-0.15, -0.1) is 0 Å². The van der Waals surface area contributed by atoms with E-state index in [0.717, 1.165) is 11.3 Å². The summed E-state index contributed by atoms with van der Waals surface area (Å²) in [5.41, 5.74) is 0.810. The topological polar surface area (TPSA) is 87.7 Å². The molecule has 0 spiro atoms. The third kappa shape index (κ3) is 5.98. The van der Waals surface area contributed by atoms with Crippen molar-refractivity contribution in [3.05, 3.63) is 58.6 Å². The average Bonchev–Trinajstić information content (AvgIpc) is 2.64. The van der Waals surface area contributed by atoms with Gasteiger partial charge in [0.15, 0.2) is 0 Å². The van der Waals surface area contributed by atoms with Crippen LogP contribution in [0.3, 0.4) is 0 Å². The second-order valence-electron chi connectivity index (χ2n) is 6.57. The molecule has 0 saturated carbocycles. The Bertz CT molecular complexity index is 819. The van der Waals surface area contributed by atoms with E-state index in [1.165, 1.54) is 0 Å². The fraction of sp³-hybridized carbons (Fsp3) is 0.300. The molecule has 2 aromatic rings. The summed E-state index contributed by atoms with van der Waals surface area (Å²) in [6, 6.07) is 12.3. The monoisotopic (exact) mass is 390 g/mol. The highest BCUT2D eigenvalue weighted by molar-refractivity contribution is 6.40. The third-order valence-electron chi connectivity index (χ3n) is 4.10. The van der Waals surface area contributed by atoms with Crippen LogP contribution in [0, 0.1) is 6.92 Å². The molecule has 27 heavy (non-hydrogen) atoms. The summed E-state index contributed by atoms with van der Waals surface area (Å²) in [4.78, 5) is 24.1. The van der Waals surface area contributed by atoms with Gasteiger partial charge in [0.2, 0.25) is 0 Å². The molecule has 6 nitrogen and oxygen atoms in total. The van der Waals surface area contributed by atoms with Crippen molar-refractivity contribution < 1.29 is 19.4 Å². The molecular weight excluding hydrogens is 368 g/mol. The van der Waals surface area contributed by atoms with Gasteiger partial charge in [-0.2, -0.15) is 0 Å². The number of carbonyl (C=O) groups excluding carboxylic acids is 2. The molecule has 2 rings (SSSR count). The van der Waals surface area contributed by atoms with Gasteiger partial charge in [0.1, 0.15) is 5.75 Å². The summed E-state index contributed by atoms with van der Waals surface area (Å²) in [5, 5.41) is 16.0. The molecule has 0 radical (unpaired) electrons. The minimum atomic E-state index is -1.21. The Morgan fingerprint density at radius 1 is 1.15 bits per heavy atom. The predicted octanol–water partition coefficient (Wildman–Crippen LogP) is 2.71. The molecule has 0 saturated heterocycles. The van der Waals surface area contributed by atoms with Gasteiger partial charge < -0.3 is 20.5 Å². The minimum Gasteiger partial charge on any atom is -0.497 e. The van der Waals surface area contributed by atoms with Crippen molar-refractivity contribution in [2.75, 3.05) is 19.0 Å². The van der Waals surface area contributed by atoms with Crippen LogP contribution >= 0.6 is 11.6 Å². The van der Waals surface area contributed by atoms with Gasteiger partial charge in [-0.3, -0.25) is 9.59 Å². The molecule has 2 aromatic carbocycles. The summed E-state index contributed by atoms with van der Waals surface area (Å²) >= 11 is 6.00. The lowest BCUT2D eigenvalue weighted by Gasteiger charge is -2.23. The molecule has 144 valence electrons. The zero-order valence-corrected chi connectivity index (χ0v) is 16.3. The molecule has 0 heterocycles. The second-order valence-corrected chi connectivity index (χ2v) is 6.98. The Labute approximate surface area is 163 Å². The number of benzene rings is 2. The van der Waals surface area contributed by atoms with E-state index in [1.807, 2.05) is 12.1 Å². The summed E-state index contributed by atoms with van der Waals surface area (Å²) in [5.74, 6) is -0.926. The van der Waals surface area contributed by atoms with E-state index >= 15 is 0 Å². The molecule has 0 bridgehead atoms. The maximum absolute atomic E-state index is 12.1. The molecule has 1 atom stereocenters. The minimum absolute atomic E-state index is 0.0696. The van der Waals surface area contributed by atoms with E-state index in [1.54, 1.807) is 51.3 Å². The first-order valence-corrected chi connectivity index (χ1v) is 8.79. The molecule has 7 heteroatoms. The zero-order chi connectivity index (χ0) is 20.0. The van der Waals surface area contributed by atoms with Crippen LogP contribution in [-0.2, 0) is 16.0 Å². The van der Waals surface area contributed by atoms with Gasteiger partial charge in [-0.1, -0.05) is 29.8 Å². The highest BCUT2D eigenvalue weighted by Crippen LogP contribution is 2.22. The quantitative estimate of drug-likeness (QED) is 0.662. The number of nitrogens with one attached hydrogen (secondary N) is 2. The number of amides is 2. The lowest BCUT2D eigenvalue weighted by molar-refractivity contribution is -0.136. The molecule has 0 aliphatic rings. The number of rotatable bonds is 6. The van der Waals surface area contributed by atoms with Crippen LogP contribution in [-0.4, -0.2) is 36.2 Å². The Balaban J connectivity index is 1.90. The first-order chi connectivity index (χ1) is 12.7. The van der Waals surface area contributed by atoms with Crippen LogP contribution < -0.4 is 15.4 Å². The van der Waals surface area contributed by atoms with Crippen molar-refractivity contribution in [2.45, 2.75) is 25.9 Å². The SMILES string of the molecule is COc1ccc(C[C@@](C)(O)CNC(=O)C(=O)Nc2cccc(Cl)c2C)cc1. The first kappa shape index (κ1) is 20.7. The van der Waals surface area contributed by atoms with Crippen LogP contribution in [0.25, 0.3) is 0 Å². The smallest absolute Gasteiger partial charge is 0.313 e. The summed E-state index contributed by atoms with van der Waals surface area (Å²) in [6.45, 7) is 3.27. The van der Waals surface area contributed by atoms with Crippen LogP contribution in [0.15, 0.2) is 42.5 Å². The second kappa shape index (κ2) is 8.88. The lowest BCUT2D eigenvalue weighted by atomic mass is 9.96. The number of anilines is 1. The highest BCUT2D eigenvalue weighted by atomic mass is 35.5. The fourth-order valence-electron chi connectivity index (χ4n) is 2.52. The van der Waals surface area contributed by atoms with Crippen LogP contribution in [0.2, 0.25) is 5.02 Å². The standard InChI is InChI=1S/C20H23ClN2O4/c1-13-16(21)5-4-6-17(13)23-19(25)18(24)22-12-20(2,26)11-14-7-9-15(27-3)10-8-14/h4-10,26H,11-12H2,1-3H3,(H,22,24)(H,23,25)/t20-/m1/s1. The third-order valence-corrected chi connectivity index (χ3v) is 4.51. The largest absolute Gasteiger partial charge is 0.497 e. The van der Waals surface area contributed by atoms with E-state index in [9.17, 15) is 14.7 Å². The lowest BCUT2D eigenvalue weighted by Crippen LogP contribution is -2.45. The van der Waals surface area contributed by atoms with Crippen molar-refractivity contribution >= 4 is 29.1 Å². The summed E-state index contributed by atoms with van der Waals surface area (Å²) < 4.78 is 5.10. The van der Waals surface area contributed by atoms with E-state index in [4.69, 9.17) is 16.3 Å². The molecule has 0 aliphatic carbocycles. The number of ether oxygens (including phenoxy) is 1. The molecule has 2 amide bonds. The molecular formula is C20H23ClN2O4. The maximum atomic E-state index is 12.1. The number of methoxy groups -OCH3 is 1. The van der Waals surface area contributed by atoms with E-state index < -0.39 is 17.4 Å². The van der Waals surface area contributed by atoms with Gasteiger partial charge in [-0.05, 0) is 49.2 Å². The zero-order valence-electron chi connectivity index (χ0n) is 15.5. The highest BCUT2D eigenvalue weighted by Gasteiger charge is 2.24. The fourth-order valence-corrected chi connectivity index (χ4v) is 2.69. The van der Waals surface area contributed by atoms with Crippen molar-refractivity contribution in [2.24, 2.45) is 0 Å². The van der Waals surface area contributed by atoms with Gasteiger partial charge >= 0.3 is 11.8 Å². The first-order valence-electron chi connectivity index (χ1n) is 8.41. The number of halogens is 1. The molecule has 0 aliphatic heterocycles. The number of aliphatic hydroxyl groups is 1. The molecule has 0 unspecified atom stereocenters. The average molecular weight is 391 g/mol. The predicted molar refractivity (Wildman–Crippen MR) is 105 cm³/mol. The van der Waals surface area contributed by atoms with Gasteiger partial charge in [0.05, 0.1) is 12.7 Å². The maximum Gasteiger partial charge on any atom is 0.313 e. The Hall–Kier alpha value is -2.57. The molecule has 0 fully saturated rings. The normalized spacial score (nSPS) is 12.8. The van der Waals surface area contributed by atoms with Crippen molar-refractivity contribution in [1.29, 1.82) is 0 Å². The van der Waals surface area contributed by atoms with Crippen molar-refractivity contribution in [1.82, 2.24) is 5.32 Å². The van der Waals surface area contributed by atoms with E-state index in [0.29, 0.717) is 22.7 Å². The summed E-state index contributed by atoms with van der Waals surface area (Å²) in [7, 11) is 1.58. The molecule has 3 N–H and O–H groups in total. The number of hydrogen-bond donors (Lipinski definition) is 3. The number of hydrogen-bond acceptors (Lipinski definition) is 4. The van der Waals surface area contributed by atoms with Gasteiger partial charge in [-0.25, -0.2) is 0 Å². The molecule has 0 aromatic heterocycles. The van der Waals surface area contributed by atoms with Crippen LogP contribution in [0.4, 0.5) is 5.69 Å². The van der Waals surface area contributed by atoms with Crippen LogP contribution in [0.5, 0.6) is 5.75 Å². The Morgan fingerprint density at radius 2 is 1.81 bits per heavy atom.